The molecule has 1 heterocycles. The van der Waals surface area contributed by atoms with Gasteiger partial charge in [0.2, 0.25) is 0 Å². The first-order chi connectivity index (χ1) is 7.93. The van der Waals surface area contributed by atoms with Gasteiger partial charge in [0.15, 0.2) is 0 Å². The SMILES string of the molecule is [Pt].[c-]1cc2c(cc1-c1ccccn1)CCCC2. The van der Waals surface area contributed by atoms with Crippen LogP contribution in [0.25, 0.3) is 11.3 Å². The molecule has 1 aliphatic carbocycles. The van der Waals surface area contributed by atoms with Gasteiger partial charge in [0.05, 0.1) is 0 Å². The molecule has 0 N–H and O–H groups in total. The topological polar surface area (TPSA) is 12.9 Å². The first-order valence-electron chi connectivity index (χ1n) is 5.88. The molecule has 0 saturated carbocycles. The second-order valence-electron chi connectivity index (χ2n) is 4.32. The van der Waals surface area contributed by atoms with Crippen LogP contribution in [0.1, 0.15) is 24.0 Å². The number of nitrogens with zero attached hydrogens (tertiary/aromatic N) is 1. The van der Waals surface area contributed by atoms with E-state index in [9.17, 15) is 0 Å². The molecule has 0 fully saturated rings. The van der Waals surface area contributed by atoms with Crippen LogP contribution >= 0.6 is 0 Å². The third kappa shape index (κ3) is 2.66. The molecule has 0 aliphatic heterocycles. The first-order valence-corrected chi connectivity index (χ1v) is 5.88. The average Bonchev–Trinajstić information content (AvgIpc) is 2.39. The Kier molecular flexibility index (Phi) is 4.12. The Morgan fingerprint density at radius 3 is 2.65 bits per heavy atom. The molecule has 2 aromatic rings. The Hall–Kier alpha value is -0.942. The van der Waals surface area contributed by atoms with Crippen molar-refractivity contribution in [2.45, 2.75) is 25.7 Å². The van der Waals surface area contributed by atoms with Gasteiger partial charge < -0.3 is 4.98 Å². The van der Waals surface area contributed by atoms with Gasteiger partial charge in [-0.2, -0.15) is 0 Å². The van der Waals surface area contributed by atoms with Gasteiger partial charge in [-0.05, 0) is 18.2 Å². The van der Waals surface area contributed by atoms with Crippen molar-refractivity contribution in [2.24, 2.45) is 0 Å². The van der Waals surface area contributed by atoms with Crippen molar-refractivity contribution in [1.82, 2.24) is 4.98 Å². The summed E-state index contributed by atoms with van der Waals surface area (Å²) in [7, 11) is 0. The van der Waals surface area contributed by atoms with E-state index in [1.165, 1.54) is 36.8 Å². The molecule has 0 amide bonds. The van der Waals surface area contributed by atoms with Crippen molar-refractivity contribution in [2.75, 3.05) is 0 Å². The van der Waals surface area contributed by atoms with Crippen LogP contribution in [0.3, 0.4) is 0 Å². The van der Waals surface area contributed by atoms with Crippen molar-refractivity contribution >= 4 is 0 Å². The molecule has 2 heteroatoms. The maximum absolute atomic E-state index is 4.37. The molecule has 0 bridgehead atoms. The molecular weight excluding hydrogens is 389 g/mol. The Bertz CT molecular complexity index is 494. The quantitative estimate of drug-likeness (QED) is 0.665. The van der Waals surface area contributed by atoms with Crippen LogP contribution < -0.4 is 0 Å². The van der Waals surface area contributed by atoms with Gasteiger partial charge in [0, 0.05) is 27.3 Å². The van der Waals surface area contributed by atoms with E-state index in [-0.39, 0.29) is 21.1 Å². The summed E-state index contributed by atoms with van der Waals surface area (Å²) in [6, 6.07) is 13.8. The molecule has 17 heavy (non-hydrogen) atoms. The summed E-state index contributed by atoms with van der Waals surface area (Å²) >= 11 is 0. The van der Waals surface area contributed by atoms with Crippen molar-refractivity contribution in [3.05, 3.63) is 53.7 Å². The van der Waals surface area contributed by atoms with Crippen LogP contribution in [0.4, 0.5) is 0 Å². The van der Waals surface area contributed by atoms with Crippen LogP contribution in [-0.4, -0.2) is 4.98 Å². The largest absolute Gasteiger partial charge is 0.305 e. The second-order valence-corrected chi connectivity index (χ2v) is 4.32. The van der Waals surface area contributed by atoms with Crippen molar-refractivity contribution in [1.29, 1.82) is 0 Å². The summed E-state index contributed by atoms with van der Waals surface area (Å²) in [5.41, 5.74) is 5.12. The first kappa shape index (κ1) is 12.5. The van der Waals surface area contributed by atoms with Crippen molar-refractivity contribution < 1.29 is 21.1 Å². The summed E-state index contributed by atoms with van der Waals surface area (Å²) in [5.74, 6) is 0. The van der Waals surface area contributed by atoms with E-state index in [1.54, 1.807) is 0 Å². The Morgan fingerprint density at radius 2 is 1.88 bits per heavy atom. The maximum Gasteiger partial charge on any atom is 0.0160 e. The number of rotatable bonds is 1. The van der Waals surface area contributed by atoms with Gasteiger partial charge >= 0.3 is 0 Å². The zero-order valence-electron chi connectivity index (χ0n) is 9.56. The average molecular weight is 403 g/mol. The molecule has 1 aromatic carbocycles. The zero-order valence-corrected chi connectivity index (χ0v) is 11.8. The normalized spacial score (nSPS) is 13.6. The van der Waals surface area contributed by atoms with Crippen LogP contribution in [0, 0.1) is 6.07 Å². The van der Waals surface area contributed by atoms with E-state index in [1.807, 2.05) is 24.4 Å². The van der Waals surface area contributed by atoms with Gasteiger partial charge in [-0.3, -0.25) is 0 Å². The number of hydrogen-bond donors (Lipinski definition) is 0. The number of hydrogen-bond acceptors (Lipinski definition) is 1. The van der Waals surface area contributed by atoms with E-state index in [4.69, 9.17) is 0 Å². The van der Waals surface area contributed by atoms with Crippen LogP contribution in [-0.2, 0) is 33.9 Å². The number of fused-ring (bicyclic) bond motifs is 1. The number of benzene rings is 1. The minimum Gasteiger partial charge on any atom is -0.305 e. The van der Waals surface area contributed by atoms with E-state index in [2.05, 4.69) is 23.2 Å². The fourth-order valence-electron chi connectivity index (χ4n) is 2.33. The summed E-state index contributed by atoms with van der Waals surface area (Å²) in [4.78, 5) is 4.37. The monoisotopic (exact) mass is 403 g/mol. The smallest absolute Gasteiger partial charge is 0.0160 e. The molecule has 0 saturated heterocycles. The van der Waals surface area contributed by atoms with E-state index in [0.29, 0.717) is 0 Å². The minimum absolute atomic E-state index is 0. The Balaban J connectivity index is 0.00000108. The second kappa shape index (κ2) is 5.60. The van der Waals surface area contributed by atoms with Crippen molar-refractivity contribution in [3.8, 4) is 11.3 Å². The molecule has 1 aliphatic rings. The summed E-state index contributed by atoms with van der Waals surface area (Å²) < 4.78 is 0. The predicted molar refractivity (Wildman–Crippen MR) is 65.2 cm³/mol. The zero-order chi connectivity index (χ0) is 10.8. The molecule has 0 unspecified atom stereocenters. The van der Waals surface area contributed by atoms with Gasteiger partial charge in [-0.25, -0.2) is 0 Å². The number of aromatic nitrogens is 1. The van der Waals surface area contributed by atoms with E-state index < -0.39 is 0 Å². The Labute approximate surface area is 117 Å². The Morgan fingerprint density at radius 1 is 1.06 bits per heavy atom. The molecule has 1 nitrogen and oxygen atoms in total. The number of aryl methyl sites for hydroxylation is 2. The van der Waals surface area contributed by atoms with Crippen molar-refractivity contribution in [3.63, 3.8) is 0 Å². The molecule has 0 spiro atoms. The van der Waals surface area contributed by atoms with Crippen LogP contribution in [0.15, 0.2) is 36.5 Å². The fraction of sp³-hybridized carbons (Fsp3) is 0.267. The van der Waals surface area contributed by atoms with Gasteiger partial charge in [0.1, 0.15) is 0 Å². The third-order valence-corrected chi connectivity index (χ3v) is 3.22. The fourth-order valence-corrected chi connectivity index (χ4v) is 2.33. The van der Waals surface area contributed by atoms with Crippen LogP contribution in [0.2, 0.25) is 0 Å². The van der Waals surface area contributed by atoms with Gasteiger partial charge in [-0.1, -0.05) is 31.4 Å². The van der Waals surface area contributed by atoms with Gasteiger partial charge in [0.25, 0.3) is 0 Å². The number of pyridine rings is 1. The van der Waals surface area contributed by atoms with Crippen LogP contribution in [0.5, 0.6) is 0 Å². The molecule has 3 rings (SSSR count). The summed E-state index contributed by atoms with van der Waals surface area (Å²) in [6.07, 6.45) is 6.91. The van der Waals surface area contributed by atoms with E-state index in [0.717, 1.165) is 11.3 Å². The predicted octanol–water partition coefficient (Wildman–Crippen LogP) is 3.43. The van der Waals surface area contributed by atoms with E-state index >= 15 is 0 Å². The minimum atomic E-state index is 0. The van der Waals surface area contributed by atoms with Gasteiger partial charge in [-0.15, -0.1) is 34.9 Å². The molecule has 90 valence electrons. The maximum atomic E-state index is 4.37. The third-order valence-electron chi connectivity index (χ3n) is 3.22. The molecule has 0 atom stereocenters. The summed E-state index contributed by atoms with van der Waals surface area (Å²) in [5, 5.41) is 0. The standard InChI is InChI=1S/C15H14N.Pt/c1-2-6-13-11-14(9-8-12(13)5-1)15-7-3-4-10-16-15;/h3-4,7-8,10-11H,1-2,5-6H2;/q-1;. The summed E-state index contributed by atoms with van der Waals surface area (Å²) in [6.45, 7) is 0. The molecule has 0 radical (unpaired) electrons. The molecule has 1 aromatic heterocycles. The molecular formula is C15H14NPt-.